The van der Waals surface area contributed by atoms with Crippen molar-refractivity contribution >= 4 is 22.8 Å². The van der Waals surface area contributed by atoms with E-state index < -0.39 is 36.4 Å². The lowest BCUT2D eigenvalue weighted by molar-refractivity contribution is -0.216. The number of aliphatic hydroxyl groups is 2. The van der Waals surface area contributed by atoms with Crippen molar-refractivity contribution < 1.29 is 28.9 Å². The number of aromatic nitrogens is 3. The van der Waals surface area contributed by atoms with E-state index in [-0.39, 0.29) is 12.1 Å². The molecule has 0 saturated carbocycles. The molecule has 4 N–H and O–H groups in total. The normalized spacial score (nSPS) is 26.1. The van der Waals surface area contributed by atoms with E-state index in [4.69, 9.17) is 21.6 Å². The lowest BCUT2D eigenvalue weighted by Gasteiger charge is -2.26. The Labute approximate surface area is 204 Å². The monoisotopic (exact) mass is 490 g/mol. The van der Waals surface area contributed by atoms with Crippen molar-refractivity contribution in [2.24, 2.45) is 0 Å². The first-order valence-corrected chi connectivity index (χ1v) is 12.2. The summed E-state index contributed by atoms with van der Waals surface area (Å²) >= 11 is 0. The maximum Gasteiger partial charge on any atom is 0.305 e. The van der Waals surface area contributed by atoms with Crippen LogP contribution >= 0.6 is 0 Å². The second-order valence-corrected chi connectivity index (χ2v) is 9.09. The topological polar surface area (TPSA) is 133 Å². The number of nitrogens with two attached hydrogens (primary N) is 1. The van der Waals surface area contributed by atoms with Gasteiger partial charge >= 0.3 is 5.97 Å². The van der Waals surface area contributed by atoms with Crippen molar-refractivity contribution in [1.82, 2.24) is 14.5 Å². The molecule has 2 aromatic heterocycles. The number of unbranched alkanes of at least 4 members (excludes halogenated alkanes) is 8. The summed E-state index contributed by atoms with van der Waals surface area (Å²) in [6.07, 6.45) is 14.3. The van der Waals surface area contributed by atoms with Gasteiger partial charge in [-0.1, -0.05) is 64.2 Å². The average Bonchev–Trinajstić information content (AvgIpc) is 3.36. The minimum Gasteiger partial charge on any atom is -0.459 e. The van der Waals surface area contributed by atoms with Crippen LogP contribution in [0.25, 0.3) is 11.2 Å². The molecule has 0 radical (unpaired) electrons. The van der Waals surface area contributed by atoms with Gasteiger partial charge in [-0.3, -0.25) is 9.36 Å². The van der Waals surface area contributed by atoms with Crippen molar-refractivity contribution in [2.75, 3.05) is 12.3 Å². The molecule has 1 aliphatic rings. The van der Waals surface area contributed by atoms with Crippen molar-refractivity contribution in [3.63, 3.8) is 0 Å². The number of alkyl halides is 1. The van der Waals surface area contributed by atoms with Crippen LogP contribution in [-0.2, 0) is 14.3 Å². The second-order valence-electron chi connectivity index (χ2n) is 9.09. The van der Waals surface area contributed by atoms with Crippen LogP contribution in [0.2, 0.25) is 0 Å². The van der Waals surface area contributed by atoms with Crippen molar-refractivity contribution in [3.8, 4) is 12.3 Å². The fraction of sp³-hybridized carbons (Fsp3) is 0.640. The standard InChI is InChI=1S/C25H35FN4O5/c1-3-5-6-7-8-9-10-11-12-13-19(31)34-16-25(26)22(32)24(33,4-2)23(35-25)30-17-29-20-18(27)14-15-28-21(20)30/h2,14-15,17,22-23,32-33H,3,5-13,16H2,1H3,(H2,27,28)/t22-,23+,24+,25+/m0/s1. The zero-order valence-electron chi connectivity index (χ0n) is 20.2. The summed E-state index contributed by atoms with van der Waals surface area (Å²) < 4.78 is 27.2. The predicted molar refractivity (Wildman–Crippen MR) is 128 cm³/mol. The van der Waals surface area contributed by atoms with Crippen LogP contribution in [0.5, 0.6) is 0 Å². The molecule has 2 aromatic rings. The minimum atomic E-state index is -2.93. The van der Waals surface area contributed by atoms with Gasteiger partial charge in [0.05, 0.1) is 12.0 Å². The maximum atomic E-state index is 15.6. The highest BCUT2D eigenvalue weighted by atomic mass is 19.2. The Kier molecular flexibility index (Phi) is 9.05. The first kappa shape index (κ1) is 26.9. The lowest BCUT2D eigenvalue weighted by Crippen LogP contribution is -2.50. The smallest absolute Gasteiger partial charge is 0.305 e. The molecule has 192 valence electrons. The number of pyridine rings is 1. The number of hydrogen-bond acceptors (Lipinski definition) is 8. The van der Waals surface area contributed by atoms with Gasteiger partial charge in [0.2, 0.25) is 5.60 Å². The van der Waals surface area contributed by atoms with E-state index in [9.17, 15) is 15.0 Å². The highest BCUT2D eigenvalue weighted by Gasteiger charge is 2.65. The van der Waals surface area contributed by atoms with Gasteiger partial charge in [-0.25, -0.2) is 14.4 Å². The number of carbonyl (C=O) groups excluding carboxylic acids is 1. The zero-order chi connectivity index (χ0) is 25.5. The third-order valence-electron chi connectivity index (χ3n) is 6.40. The number of nitrogens with zero attached hydrogens (tertiary/aromatic N) is 3. The Morgan fingerprint density at radius 3 is 2.57 bits per heavy atom. The molecule has 1 saturated heterocycles. The van der Waals surface area contributed by atoms with E-state index in [0.717, 1.165) is 19.3 Å². The lowest BCUT2D eigenvalue weighted by atomic mass is 9.94. The summed E-state index contributed by atoms with van der Waals surface area (Å²) in [5, 5.41) is 21.5. The van der Waals surface area contributed by atoms with E-state index in [2.05, 4.69) is 16.9 Å². The molecule has 1 fully saturated rings. The summed E-state index contributed by atoms with van der Waals surface area (Å²) in [6.45, 7) is 1.26. The van der Waals surface area contributed by atoms with Crippen LogP contribution in [0, 0.1) is 12.3 Å². The molecule has 0 amide bonds. The number of esters is 1. The SMILES string of the molecule is C#C[C@]1(O)[C@H](n2cnc3c(N)ccnc32)O[C@](F)(COC(=O)CCCCCCCCCCC)[C@H]1O. The van der Waals surface area contributed by atoms with Crippen LogP contribution in [0.3, 0.4) is 0 Å². The molecule has 0 aromatic carbocycles. The van der Waals surface area contributed by atoms with Gasteiger partial charge in [-0.05, 0) is 12.5 Å². The van der Waals surface area contributed by atoms with Crippen molar-refractivity contribution in [2.45, 2.75) is 94.9 Å². The van der Waals surface area contributed by atoms with E-state index in [0.29, 0.717) is 17.6 Å². The molecule has 4 atom stereocenters. The summed E-state index contributed by atoms with van der Waals surface area (Å²) in [4.78, 5) is 20.4. The fourth-order valence-electron chi connectivity index (χ4n) is 4.29. The van der Waals surface area contributed by atoms with Gasteiger partial charge in [0.15, 0.2) is 24.6 Å². The van der Waals surface area contributed by atoms with Crippen LogP contribution in [0.4, 0.5) is 10.1 Å². The third-order valence-corrected chi connectivity index (χ3v) is 6.40. The minimum absolute atomic E-state index is 0.125. The van der Waals surface area contributed by atoms with E-state index in [1.54, 1.807) is 0 Å². The molecule has 1 aliphatic heterocycles. The van der Waals surface area contributed by atoms with Crippen molar-refractivity contribution in [1.29, 1.82) is 0 Å². The number of ether oxygens (including phenoxy) is 2. The molecule has 3 heterocycles. The van der Waals surface area contributed by atoms with E-state index in [1.807, 2.05) is 5.92 Å². The molecule has 0 unspecified atom stereocenters. The zero-order valence-corrected chi connectivity index (χ0v) is 20.2. The molecule has 35 heavy (non-hydrogen) atoms. The van der Waals surface area contributed by atoms with E-state index in [1.165, 1.54) is 55.3 Å². The number of fused-ring (bicyclic) bond motifs is 1. The number of aliphatic hydroxyl groups excluding tert-OH is 1. The molecular formula is C25H35FN4O5. The molecule has 0 spiro atoms. The van der Waals surface area contributed by atoms with Gasteiger partial charge < -0.3 is 25.4 Å². The van der Waals surface area contributed by atoms with Crippen LogP contribution < -0.4 is 5.73 Å². The number of carbonyl (C=O) groups is 1. The van der Waals surface area contributed by atoms with Gasteiger partial charge in [0.1, 0.15) is 5.52 Å². The first-order chi connectivity index (χ1) is 16.8. The van der Waals surface area contributed by atoms with Crippen LogP contribution in [0.15, 0.2) is 18.6 Å². The number of hydrogen-bond donors (Lipinski definition) is 3. The highest BCUT2D eigenvalue weighted by molar-refractivity contribution is 5.83. The number of imidazole rings is 1. The maximum absolute atomic E-state index is 15.6. The van der Waals surface area contributed by atoms with Gasteiger partial charge in [0.25, 0.3) is 5.85 Å². The largest absolute Gasteiger partial charge is 0.459 e. The second kappa shape index (κ2) is 11.8. The predicted octanol–water partition coefficient (Wildman–Crippen LogP) is 3.40. The number of terminal acetylenes is 1. The third kappa shape index (κ3) is 5.92. The van der Waals surface area contributed by atoms with Gasteiger partial charge in [0, 0.05) is 12.6 Å². The van der Waals surface area contributed by atoms with E-state index >= 15 is 4.39 Å². The van der Waals surface area contributed by atoms with Gasteiger partial charge in [-0.15, -0.1) is 6.42 Å². The summed E-state index contributed by atoms with van der Waals surface area (Å²) in [7, 11) is 0. The molecule has 0 bridgehead atoms. The number of nitrogen functional groups attached to an aromatic ring is 1. The summed E-state index contributed by atoms with van der Waals surface area (Å²) in [5.41, 5.74) is 4.20. The van der Waals surface area contributed by atoms with Gasteiger partial charge in [-0.2, -0.15) is 0 Å². The quantitative estimate of drug-likeness (QED) is 0.221. The molecule has 9 nitrogen and oxygen atoms in total. The van der Waals surface area contributed by atoms with Crippen LogP contribution in [-0.4, -0.2) is 54.9 Å². The Hall–Kier alpha value is -2.74. The molecule has 10 heteroatoms. The molecular weight excluding hydrogens is 455 g/mol. The van der Waals surface area contributed by atoms with Crippen molar-refractivity contribution in [3.05, 3.63) is 18.6 Å². The Bertz CT molecular complexity index is 1040. The number of anilines is 1. The highest BCUT2D eigenvalue weighted by Crippen LogP contribution is 2.46. The van der Waals surface area contributed by atoms with Crippen LogP contribution in [0.1, 0.15) is 77.4 Å². The Morgan fingerprint density at radius 1 is 1.26 bits per heavy atom. The Balaban J connectivity index is 1.54. The number of rotatable bonds is 13. The first-order valence-electron chi connectivity index (χ1n) is 12.2. The summed E-state index contributed by atoms with van der Waals surface area (Å²) in [6, 6.07) is 1.53. The Morgan fingerprint density at radius 2 is 1.91 bits per heavy atom. The summed E-state index contributed by atoms with van der Waals surface area (Å²) in [5.74, 6) is -1.54. The molecule has 3 rings (SSSR count). The molecule has 0 aliphatic carbocycles. The fourth-order valence-corrected chi connectivity index (χ4v) is 4.29. The average molecular weight is 491 g/mol. The number of halogens is 1.